The Kier molecular flexibility index (Phi) is 3.60. The molecule has 1 heteroatoms. The van der Waals surface area contributed by atoms with Gasteiger partial charge < -0.3 is 4.74 Å². The Morgan fingerprint density at radius 2 is 1.68 bits per heavy atom. The van der Waals surface area contributed by atoms with Gasteiger partial charge in [-0.2, -0.15) is 0 Å². The molecule has 0 unspecified atom stereocenters. The molecule has 0 fully saturated rings. The van der Waals surface area contributed by atoms with Gasteiger partial charge in [-0.1, -0.05) is 68.8 Å². The molecule has 22 heavy (non-hydrogen) atoms. The number of rotatable bonds is 2. The quantitative estimate of drug-likeness (QED) is 0.697. The van der Waals surface area contributed by atoms with Crippen molar-refractivity contribution >= 4 is 6.08 Å². The number of hydrogen-bond acceptors (Lipinski definition) is 1. The molecule has 0 heterocycles. The first-order chi connectivity index (χ1) is 10.4. The highest BCUT2D eigenvalue weighted by Gasteiger charge is 2.27. The number of benzene rings is 2. The SMILES string of the molecule is COc1c(C(C)(C)C)cc2c(c1-c1ccccc1)C=C(C)[CH]2. The monoisotopic (exact) mass is 291 g/mol. The third-order valence-corrected chi connectivity index (χ3v) is 4.18. The lowest BCUT2D eigenvalue weighted by molar-refractivity contribution is 0.399. The van der Waals surface area contributed by atoms with Crippen molar-refractivity contribution in [3.8, 4) is 16.9 Å². The Morgan fingerprint density at radius 1 is 1.00 bits per heavy atom. The van der Waals surface area contributed by atoms with Crippen LogP contribution in [-0.4, -0.2) is 7.11 Å². The Bertz CT molecular complexity index is 731. The summed E-state index contributed by atoms with van der Waals surface area (Å²) in [5.74, 6) is 0.997. The van der Waals surface area contributed by atoms with E-state index in [0.29, 0.717) is 0 Å². The second-order valence-corrected chi connectivity index (χ2v) is 6.98. The molecule has 1 nitrogen and oxygen atoms in total. The van der Waals surface area contributed by atoms with Crippen LogP contribution in [-0.2, 0) is 5.41 Å². The molecule has 1 aliphatic carbocycles. The fourth-order valence-electron chi connectivity index (χ4n) is 3.15. The minimum Gasteiger partial charge on any atom is -0.496 e. The molecule has 3 rings (SSSR count). The first-order valence-electron chi connectivity index (χ1n) is 7.76. The molecular formula is C21H23O. The first kappa shape index (κ1) is 14.9. The van der Waals surface area contributed by atoms with Crippen molar-refractivity contribution in [3.63, 3.8) is 0 Å². The van der Waals surface area contributed by atoms with Crippen LogP contribution in [0.4, 0.5) is 0 Å². The Labute approximate surface area is 133 Å². The van der Waals surface area contributed by atoms with Crippen molar-refractivity contribution < 1.29 is 4.74 Å². The molecule has 0 aromatic heterocycles. The van der Waals surface area contributed by atoms with E-state index in [9.17, 15) is 0 Å². The maximum absolute atomic E-state index is 5.87. The van der Waals surface area contributed by atoms with Gasteiger partial charge in [-0.3, -0.25) is 0 Å². The molecule has 0 amide bonds. The largest absolute Gasteiger partial charge is 0.496 e. The van der Waals surface area contributed by atoms with Crippen LogP contribution >= 0.6 is 0 Å². The van der Waals surface area contributed by atoms with Crippen LogP contribution in [0.3, 0.4) is 0 Å². The van der Waals surface area contributed by atoms with Gasteiger partial charge in [0.1, 0.15) is 5.75 Å². The fraction of sp³-hybridized carbons (Fsp3) is 0.286. The van der Waals surface area contributed by atoms with Crippen LogP contribution < -0.4 is 4.74 Å². The summed E-state index contributed by atoms with van der Waals surface area (Å²) in [5.41, 5.74) is 7.57. The standard InChI is InChI=1S/C21H23O/c1-14-11-16-13-18(21(2,3)4)20(22-5)19(17(16)12-14)15-9-7-6-8-10-15/h6-13H,1-5H3. The summed E-state index contributed by atoms with van der Waals surface area (Å²) in [5, 5.41) is 0. The minimum atomic E-state index is 0.0360. The van der Waals surface area contributed by atoms with E-state index in [-0.39, 0.29) is 5.41 Å². The van der Waals surface area contributed by atoms with Gasteiger partial charge in [0, 0.05) is 17.5 Å². The molecule has 0 spiro atoms. The fourth-order valence-corrected chi connectivity index (χ4v) is 3.15. The van der Waals surface area contributed by atoms with Crippen LogP contribution in [0.1, 0.15) is 44.4 Å². The van der Waals surface area contributed by atoms with Gasteiger partial charge in [-0.05, 0) is 29.0 Å². The molecule has 0 atom stereocenters. The summed E-state index contributed by atoms with van der Waals surface area (Å²) in [6, 6.07) is 12.8. The zero-order chi connectivity index (χ0) is 15.9. The number of allylic oxidation sites excluding steroid dienone is 1. The Hall–Kier alpha value is -2.02. The van der Waals surface area contributed by atoms with Crippen molar-refractivity contribution in [2.75, 3.05) is 7.11 Å². The van der Waals surface area contributed by atoms with Gasteiger partial charge in [0.15, 0.2) is 0 Å². The molecule has 0 saturated carbocycles. The van der Waals surface area contributed by atoms with Gasteiger partial charge in [-0.25, -0.2) is 0 Å². The van der Waals surface area contributed by atoms with E-state index in [1.54, 1.807) is 7.11 Å². The maximum atomic E-state index is 5.87. The molecule has 0 N–H and O–H groups in total. The van der Waals surface area contributed by atoms with Gasteiger partial charge in [0.25, 0.3) is 0 Å². The average molecular weight is 291 g/mol. The van der Waals surface area contributed by atoms with E-state index in [0.717, 1.165) is 5.75 Å². The summed E-state index contributed by atoms with van der Waals surface area (Å²) in [7, 11) is 1.78. The molecule has 0 aliphatic heterocycles. The highest BCUT2D eigenvalue weighted by Crippen LogP contribution is 2.46. The summed E-state index contributed by atoms with van der Waals surface area (Å²) < 4.78 is 5.87. The number of hydrogen-bond donors (Lipinski definition) is 0. The van der Waals surface area contributed by atoms with Gasteiger partial charge in [0.2, 0.25) is 0 Å². The molecule has 2 aromatic carbocycles. The van der Waals surface area contributed by atoms with Crippen LogP contribution in [0.2, 0.25) is 0 Å². The van der Waals surface area contributed by atoms with Crippen LogP contribution in [0, 0.1) is 6.42 Å². The zero-order valence-electron chi connectivity index (χ0n) is 14.0. The van der Waals surface area contributed by atoms with Crippen molar-refractivity contribution in [1.29, 1.82) is 0 Å². The lowest BCUT2D eigenvalue weighted by atomic mass is 9.81. The molecule has 0 bridgehead atoms. The molecule has 2 aromatic rings. The van der Waals surface area contributed by atoms with Crippen LogP contribution in [0.15, 0.2) is 42.0 Å². The van der Waals surface area contributed by atoms with Crippen molar-refractivity contribution in [2.24, 2.45) is 0 Å². The second-order valence-electron chi connectivity index (χ2n) is 6.98. The van der Waals surface area contributed by atoms with E-state index >= 15 is 0 Å². The van der Waals surface area contributed by atoms with E-state index in [1.807, 2.05) is 0 Å². The predicted molar refractivity (Wildman–Crippen MR) is 94.2 cm³/mol. The smallest absolute Gasteiger partial charge is 0.131 e. The van der Waals surface area contributed by atoms with Crippen molar-refractivity contribution in [2.45, 2.75) is 33.1 Å². The second kappa shape index (κ2) is 5.31. The Morgan fingerprint density at radius 3 is 2.27 bits per heavy atom. The molecule has 1 aliphatic rings. The average Bonchev–Trinajstić information content (AvgIpc) is 2.85. The highest BCUT2D eigenvalue weighted by molar-refractivity contribution is 5.88. The molecule has 0 saturated heterocycles. The van der Waals surface area contributed by atoms with Crippen molar-refractivity contribution in [3.05, 3.63) is 65.1 Å². The lowest BCUT2D eigenvalue weighted by Crippen LogP contribution is -2.14. The molecular weight excluding hydrogens is 268 g/mol. The maximum Gasteiger partial charge on any atom is 0.131 e. The highest BCUT2D eigenvalue weighted by atomic mass is 16.5. The van der Waals surface area contributed by atoms with E-state index in [2.05, 4.69) is 76.6 Å². The summed E-state index contributed by atoms with van der Waals surface area (Å²) in [6.45, 7) is 8.86. The van der Waals surface area contributed by atoms with E-state index < -0.39 is 0 Å². The van der Waals surface area contributed by atoms with Crippen LogP contribution in [0.25, 0.3) is 17.2 Å². The zero-order valence-corrected chi connectivity index (χ0v) is 14.0. The number of ether oxygens (including phenoxy) is 1. The van der Waals surface area contributed by atoms with Crippen molar-refractivity contribution in [1.82, 2.24) is 0 Å². The third kappa shape index (κ3) is 2.45. The minimum absolute atomic E-state index is 0.0360. The van der Waals surface area contributed by atoms with Crippen LogP contribution in [0.5, 0.6) is 5.75 Å². The number of fused-ring (bicyclic) bond motifs is 1. The normalized spacial score (nSPS) is 13.8. The first-order valence-corrected chi connectivity index (χ1v) is 7.76. The van der Waals surface area contributed by atoms with E-state index in [4.69, 9.17) is 4.74 Å². The number of methoxy groups -OCH3 is 1. The van der Waals surface area contributed by atoms with Gasteiger partial charge in [-0.15, -0.1) is 0 Å². The summed E-state index contributed by atoms with van der Waals surface area (Å²) >= 11 is 0. The molecule has 113 valence electrons. The predicted octanol–water partition coefficient (Wildman–Crippen LogP) is 5.63. The van der Waals surface area contributed by atoms with E-state index in [1.165, 1.54) is 33.4 Å². The van der Waals surface area contributed by atoms with Gasteiger partial charge in [0.05, 0.1) is 7.11 Å². The Balaban J connectivity index is 2.37. The summed E-state index contributed by atoms with van der Waals surface area (Å²) in [4.78, 5) is 0. The topological polar surface area (TPSA) is 9.23 Å². The van der Waals surface area contributed by atoms with Gasteiger partial charge >= 0.3 is 0 Å². The third-order valence-electron chi connectivity index (χ3n) is 4.18. The molecule has 1 radical (unpaired) electrons. The summed E-state index contributed by atoms with van der Waals surface area (Å²) in [6.07, 6.45) is 4.52. The lowest BCUT2D eigenvalue weighted by Gasteiger charge is -2.26.